The number of likely N-dealkylation sites (tertiary alicyclic amines) is 1. The Balaban J connectivity index is 2.92. The molecule has 23 heavy (non-hydrogen) atoms. The number of nitrogens with one attached hydrogen (secondary N) is 1. The van der Waals surface area contributed by atoms with E-state index < -0.39 is 22.6 Å². The van der Waals surface area contributed by atoms with Crippen LogP contribution in [0.4, 0.5) is 9.59 Å². The molecule has 1 aliphatic rings. The monoisotopic (exact) mass is 327 g/mol. The molecule has 1 fully saturated rings. The van der Waals surface area contributed by atoms with Crippen LogP contribution >= 0.6 is 0 Å². The minimum absolute atomic E-state index is 0.323. The Kier molecular flexibility index (Phi) is 5.34. The van der Waals surface area contributed by atoms with Crippen LogP contribution in [0.15, 0.2) is 0 Å². The summed E-state index contributed by atoms with van der Waals surface area (Å²) in [7, 11) is 3.24. The van der Waals surface area contributed by atoms with Gasteiger partial charge in [-0.3, -0.25) is 0 Å². The van der Waals surface area contributed by atoms with Crippen molar-refractivity contribution in [3.8, 4) is 0 Å². The molecule has 0 aromatic rings. The van der Waals surface area contributed by atoms with Crippen molar-refractivity contribution in [3.63, 3.8) is 0 Å². The van der Waals surface area contributed by atoms with Gasteiger partial charge in [0.2, 0.25) is 0 Å². The van der Waals surface area contributed by atoms with Crippen molar-refractivity contribution in [3.05, 3.63) is 0 Å². The highest BCUT2D eigenvalue weighted by molar-refractivity contribution is 5.81. The number of ether oxygens (including phenoxy) is 1. The minimum atomic E-state index is -1.01. The van der Waals surface area contributed by atoms with Gasteiger partial charge in [0.25, 0.3) is 0 Å². The van der Waals surface area contributed by atoms with E-state index in [2.05, 4.69) is 5.32 Å². The molecule has 0 aliphatic carbocycles. The third-order valence-electron chi connectivity index (χ3n) is 4.16. The first-order chi connectivity index (χ1) is 10.3. The average molecular weight is 327 g/mol. The smallest absolute Gasteiger partial charge is 0.410 e. The molecule has 1 rings (SSSR count). The first kappa shape index (κ1) is 19.3. The molecule has 132 valence electrons. The van der Waals surface area contributed by atoms with Gasteiger partial charge in [-0.25, -0.2) is 9.59 Å². The SMILES string of the molecule is CN(C)C(=O)NC1(C=O)CCN(C(=O)OC(C)(C)C)CC1(C)C. The van der Waals surface area contributed by atoms with Crippen molar-refractivity contribution in [1.82, 2.24) is 15.1 Å². The zero-order chi connectivity index (χ0) is 18.1. The molecular formula is C16H29N3O4. The highest BCUT2D eigenvalue weighted by atomic mass is 16.6. The van der Waals surface area contributed by atoms with Gasteiger partial charge in [-0.2, -0.15) is 0 Å². The van der Waals surface area contributed by atoms with Gasteiger partial charge in [0, 0.05) is 32.6 Å². The van der Waals surface area contributed by atoms with Gasteiger partial charge < -0.3 is 24.6 Å². The highest BCUT2D eigenvalue weighted by Crippen LogP contribution is 2.38. The Morgan fingerprint density at radius 3 is 2.22 bits per heavy atom. The second-order valence-corrected chi connectivity index (χ2v) is 7.95. The maximum absolute atomic E-state index is 12.3. The second kappa shape index (κ2) is 6.37. The molecule has 1 heterocycles. The zero-order valence-corrected chi connectivity index (χ0v) is 15.2. The molecule has 1 atom stereocenters. The summed E-state index contributed by atoms with van der Waals surface area (Å²) in [5.41, 5.74) is -2.19. The summed E-state index contributed by atoms with van der Waals surface area (Å²) >= 11 is 0. The summed E-state index contributed by atoms with van der Waals surface area (Å²) < 4.78 is 5.39. The number of amides is 3. The standard InChI is InChI=1S/C16H29N3O4/c1-14(2,3)23-13(22)19-9-8-16(11-20,15(4,5)10-19)17-12(21)18(6)7/h11H,8-10H2,1-7H3,(H,17,21). The van der Waals surface area contributed by atoms with Crippen molar-refractivity contribution in [2.45, 2.75) is 52.2 Å². The van der Waals surface area contributed by atoms with E-state index in [1.807, 2.05) is 34.6 Å². The predicted octanol–water partition coefficient (Wildman–Crippen LogP) is 1.86. The number of rotatable bonds is 2. The molecule has 0 aromatic carbocycles. The largest absolute Gasteiger partial charge is 0.444 e. The fraction of sp³-hybridized carbons (Fsp3) is 0.812. The number of aldehydes is 1. The number of urea groups is 1. The summed E-state index contributed by atoms with van der Waals surface area (Å²) in [5.74, 6) is 0. The Hall–Kier alpha value is -1.79. The van der Waals surface area contributed by atoms with Crippen LogP contribution in [0, 0.1) is 5.41 Å². The van der Waals surface area contributed by atoms with Gasteiger partial charge in [0.05, 0.1) is 0 Å². The highest BCUT2D eigenvalue weighted by Gasteiger charge is 2.51. The zero-order valence-electron chi connectivity index (χ0n) is 15.2. The van der Waals surface area contributed by atoms with E-state index in [0.29, 0.717) is 19.5 Å². The first-order valence-electron chi connectivity index (χ1n) is 7.77. The lowest BCUT2D eigenvalue weighted by atomic mass is 9.68. The molecule has 7 nitrogen and oxygen atoms in total. The van der Waals surface area contributed by atoms with E-state index in [4.69, 9.17) is 4.74 Å². The normalized spacial score (nSPS) is 23.9. The molecule has 1 unspecified atom stereocenters. The Morgan fingerprint density at radius 2 is 1.83 bits per heavy atom. The van der Waals surface area contributed by atoms with Gasteiger partial charge in [-0.1, -0.05) is 13.8 Å². The van der Waals surface area contributed by atoms with E-state index in [0.717, 1.165) is 6.29 Å². The number of hydrogen-bond acceptors (Lipinski definition) is 4. The molecule has 0 saturated carbocycles. The molecule has 3 amide bonds. The fourth-order valence-corrected chi connectivity index (χ4v) is 2.61. The van der Waals surface area contributed by atoms with Crippen LogP contribution in [0.2, 0.25) is 0 Å². The third-order valence-corrected chi connectivity index (χ3v) is 4.16. The van der Waals surface area contributed by atoms with Crippen LogP contribution in [0.5, 0.6) is 0 Å². The maximum atomic E-state index is 12.3. The lowest BCUT2D eigenvalue weighted by Gasteiger charge is -2.50. The fourth-order valence-electron chi connectivity index (χ4n) is 2.61. The topological polar surface area (TPSA) is 79.0 Å². The lowest BCUT2D eigenvalue weighted by Crippen LogP contribution is -2.68. The number of piperidine rings is 1. The van der Waals surface area contributed by atoms with Crippen LogP contribution < -0.4 is 5.32 Å². The van der Waals surface area contributed by atoms with Gasteiger partial charge in [-0.05, 0) is 27.2 Å². The summed E-state index contributed by atoms with van der Waals surface area (Å²) in [6.45, 7) is 9.86. The Morgan fingerprint density at radius 1 is 1.26 bits per heavy atom. The summed E-state index contributed by atoms with van der Waals surface area (Å²) in [6.07, 6.45) is 0.743. The lowest BCUT2D eigenvalue weighted by molar-refractivity contribution is -0.121. The first-order valence-corrected chi connectivity index (χ1v) is 7.77. The summed E-state index contributed by atoms with van der Waals surface area (Å²) in [5, 5.41) is 2.82. The van der Waals surface area contributed by atoms with E-state index in [9.17, 15) is 14.4 Å². The Bertz CT molecular complexity index is 482. The van der Waals surface area contributed by atoms with Crippen LogP contribution in [0.25, 0.3) is 0 Å². The molecule has 0 bridgehead atoms. The number of hydrogen-bond donors (Lipinski definition) is 1. The Labute approximate surface area is 138 Å². The second-order valence-electron chi connectivity index (χ2n) is 7.95. The van der Waals surface area contributed by atoms with Gasteiger partial charge in [0.1, 0.15) is 17.4 Å². The van der Waals surface area contributed by atoms with E-state index in [1.165, 1.54) is 4.90 Å². The minimum Gasteiger partial charge on any atom is -0.444 e. The summed E-state index contributed by atoms with van der Waals surface area (Å²) in [6, 6.07) is -0.323. The summed E-state index contributed by atoms with van der Waals surface area (Å²) in [4.78, 5) is 39.0. The molecule has 0 radical (unpaired) electrons. The maximum Gasteiger partial charge on any atom is 0.410 e. The van der Waals surface area contributed by atoms with E-state index in [1.54, 1.807) is 19.0 Å². The van der Waals surface area contributed by atoms with Crippen LogP contribution in [-0.4, -0.2) is 66.5 Å². The molecular weight excluding hydrogens is 298 g/mol. The quantitative estimate of drug-likeness (QED) is 0.785. The van der Waals surface area contributed by atoms with Crippen molar-refractivity contribution in [2.24, 2.45) is 5.41 Å². The molecule has 7 heteroatoms. The van der Waals surface area contributed by atoms with E-state index in [-0.39, 0.29) is 6.03 Å². The van der Waals surface area contributed by atoms with Gasteiger partial charge in [-0.15, -0.1) is 0 Å². The molecule has 1 saturated heterocycles. The number of carbonyl (C=O) groups excluding carboxylic acids is 3. The van der Waals surface area contributed by atoms with Crippen molar-refractivity contribution < 1.29 is 19.1 Å². The van der Waals surface area contributed by atoms with Gasteiger partial charge >= 0.3 is 12.1 Å². The van der Waals surface area contributed by atoms with Crippen molar-refractivity contribution >= 4 is 18.4 Å². The molecule has 1 aliphatic heterocycles. The van der Waals surface area contributed by atoms with Crippen molar-refractivity contribution in [1.29, 1.82) is 0 Å². The number of carbonyl (C=O) groups is 3. The predicted molar refractivity (Wildman–Crippen MR) is 87.2 cm³/mol. The van der Waals surface area contributed by atoms with E-state index >= 15 is 0 Å². The molecule has 1 N–H and O–H groups in total. The van der Waals surface area contributed by atoms with Crippen LogP contribution in [0.1, 0.15) is 41.0 Å². The number of nitrogens with zero attached hydrogens (tertiary/aromatic N) is 2. The molecule has 0 spiro atoms. The van der Waals surface area contributed by atoms with Crippen LogP contribution in [-0.2, 0) is 9.53 Å². The van der Waals surface area contributed by atoms with Crippen LogP contribution in [0.3, 0.4) is 0 Å². The molecule has 0 aromatic heterocycles. The van der Waals surface area contributed by atoms with Crippen molar-refractivity contribution in [2.75, 3.05) is 27.2 Å². The van der Waals surface area contributed by atoms with Gasteiger partial charge in [0.15, 0.2) is 0 Å². The average Bonchev–Trinajstić information content (AvgIpc) is 2.38. The third kappa shape index (κ3) is 4.36.